The summed E-state index contributed by atoms with van der Waals surface area (Å²) in [6.07, 6.45) is 1.47. The topological polar surface area (TPSA) is 47.0 Å². The minimum Gasteiger partial charge on any atom is -0.392 e. The Morgan fingerprint density at radius 3 is 2.48 bits per heavy atom. The number of piperazine rings is 1. The van der Waals surface area contributed by atoms with Crippen LogP contribution in [0.5, 0.6) is 0 Å². The highest BCUT2D eigenvalue weighted by atomic mass is 16.3. The highest BCUT2D eigenvalue weighted by Gasteiger charge is 2.37. The number of carbonyl (C=O) groups excluding carboxylic acids is 1. The molecule has 2 aliphatic heterocycles. The Morgan fingerprint density at radius 2 is 1.83 bits per heavy atom. The summed E-state index contributed by atoms with van der Waals surface area (Å²) in [4.78, 5) is 19.3. The Hall–Kier alpha value is -1.43. The fourth-order valence-corrected chi connectivity index (χ4v) is 3.55. The van der Waals surface area contributed by atoms with E-state index >= 15 is 0 Å². The van der Waals surface area contributed by atoms with E-state index in [4.69, 9.17) is 0 Å². The van der Waals surface area contributed by atoms with Crippen molar-refractivity contribution in [3.05, 3.63) is 30.3 Å². The lowest BCUT2D eigenvalue weighted by atomic mass is 10.1. The fourth-order valence-electron chi connectivity index (χ4n) is 3.55. The Morgan fingerprint density at radius 1 is 1.13 bits per heavy atom. The van der Waals surface area contributed by atoms with Crippen LogP contribution in [-0.4, -0.2) is 72.2 Å². The van der Waals surface area contributed by atoms with Gasteiger partial charge in [0.1, 0.15) is 0 Å². The van der Waals surface area contributed by atoms with Gasteiger partial charge in [0.15, 0.2) is 0 Å². The fraction of sp³-hybridized carbons (Fsp3) is 0.611. The van der Waals surface area contributed by atoms with Crippen LogP contribution < -0.4 is 4.90 Å². The lowest BCUT2D eigenvalue weighted by molar-refractivity contribution is -0.122. The molecule has 2 aliphatic rings. The molecule has 2 saturated heterocycles. The van der Waals surface area contributed by atoms with Gasteiger partial charge in [0.25, 0.3) is 0 Å². The van der Waals surface area contributed by atoms with Gasteiger partial charge in [0.2, 0.25) is 5.91 Å². The van der Waals surface area contributed by atoms with Crippen molar-refractivity contribution < 1.29 is 9.90 Å². The summed E-state index contributed by atoms with van der Waals surface area (Å²) in [6, 6.07) is 9.97. The monoisotopic (exact) mass is 317 g/mol. The second kappa shape index (κ2) is 7.43. The zero-order valence-electron chi connectivity index (χ0n) is 13.9. The highest BCUT2D eigenvalue weighted by molar-refractivity contribution is 5.99. The summed E-state index contributed by atoms with van der Waals surface area (Å²) >= 11 is 0. The molecular formula is C18H27N3O2. The number of aliphatic hydroxyl groups excluding tert-OH is 1. The average molecular weight is 317 g/mol. The standard InChI is InChI=1S/C18H27N3O2/c1-2-16(22)14-19-10-12-20(13-11-19)17-8-9-21(18(17)23)15-6-4-3-5-7-15/h3-7,16-17,22H,2,8-14H2,1H3. The first-order valence-electron chi connectivity index (χ1n) is 8.70. The van der Waals surface area contributed by atoms with Crippen LogP contribution in [0.15, 0.2) is 30.3 Å². The molecule has 2 unspecified atom stereocenters. The van der Waals surface area contributed by atoms with E-state index in [-0.39, 0.29) is 18.1 Å². The summed E-state index contributed by atoms with van der Waals surface area (Å²) < 4.78 is 0. The molecular weight excluding hydrogens is 290 g/mol. The number of carbonyl (C=O) groups is 1. The molecule has 1 N–H and O–H groups in total. The maximum atomic E-state index is 12.7. The molecule has 0 aromatic heterocycles. The number of nitrogens with zero attached hydrogens (tertiary/aromatic N) is 3. The lowest BCUT2D eigenvalue weighted by Crippen LogP contribution is -2.53. The number of hydrogen-bond donors (Lipinski definition) is 1. The third-order valence-electron chi connectivity index (χ3n) is 5.03. The predicted molar refractivity (Wildman–Crippen MR) is 91.5 cm³/mol. The first-order chi connectivity index (χ1) is 11.2. The van der Waals surface area contributed by atoms with Crippen LogP contribution in [-0.2, 0) is 4.79 Å². The molecule has 2 fully saturated rings. The quantitative estimate of drug-likeness (QED) is 0.886. The van der Waals surface area contributed by atoms with Crippen molar-refractivity contribution in [2.45, 2.75) is 31.9 Å². The minimum atomic E-state index is -0.233. The smallest absolute Gasteiger partial charge is 0.244 e. The number of β-amino-alcohol motifs (C(OH)–C–C–N with tert-alkyl or cyclic N) is 1. The predicted octanol–water partition coefficient (Wildman–Crippen LogP) is 1.18. The van der Waals surface area contributed by atoms with E-state index in [1.165, 1.54) is 0 Å². The first kappa shape index (κ1) is 16.4. The third-order valence-corrected chi connectivity index (χ3v) is 5.03. The molecule has 5 heteroatoms. The van der Waals surface area contributed by atoms with Gasteiger partial charge in [-0.05, 0) is 25.0 Å². The van der Waals surface area contributed by atoms with E-state index in [0.717, 1.165) is 57.8 Å². The van der Waals surface area contributed by atoms with Gasteiger partial charge in [-0.1, -0.05) is 25.1 Å². The van der Waals surface area contributed by atoms with Crippen LogP contribution >= 0.6 is 0 Å². The summed E-state index contributed by atoms with van der Waals surface area (Å²) in [6.45, 7) is 7.26. The second-order valence-electron chi connectivity index (χ2n) is 6.53. The van der Waals surface area contributed by atoms with Crippen LogP contribution in [0.1, 0.15) is 19.8 Å². The number of benzene rings is 1. The number of aliphatic hydroxyl groups is 1. The Labute approximate surface area is 138 Å². The molecule has 0 radical (unpaired) electrons. The van der Waals surface area contributed by atoms with E-state index in [0.29, 0.717) is 0 Å². The van der Waals surface area contributed by atoms with Crippen molar-refractivity contribution in [3.8, 4) is 0 Å². The lowest BCUT2D eigenvalue weighted by Gasteiger charge is -2.37. The molecule has 0 spiro atoms. The van der Waals surface area contributed by atoms with Crippen LogP contribution in [0, 0.1) is 0 Å². The zero-order valence-corrected chi connectivity index (χ0v) is 13.9. The molecule has 5 nitrogen and oxygen atoms in total. The van der Waals surface area contributed by atoms with E-state index in [1.54, 1.807) is 0 Å². The summed E-state index contributed by atoms with van der Waals surface area (Å²) in [7, 11) is 0. The van der Waals surface area contributed by atoms with Gasteiger partial charge in [0, 0.05) is 45.0 Å². The molecule has 1 aromatic rings. The number of hydrogen-bond acceptors (Lipinski definition) is 4. The maximum absolute atomic E-state index is 12.7. The second-order valence-corrected chi connectivity index (χ2v) is 6.53. The van der Waals surface area contributed by atoms with E-state index in [1.807, 2.05) is 42.2 Å². The van der Waals surface area contributed by atoms with Gasteiger partial charge in [0.05, 0.1) is 12.1 Å². The summed E-state index contributed by atoms with van der Waals surface area (Å²) in [5.74, 6) is 0.234. The van der Waals surface area contributed by atoms with E-state index in [2.05, 4.69) is 9.80 Å². The Kier molecular flexibility index (Phi) is 5.30. The van der Waals surface area contributed by atoms with Gasteiger partial charge >= 0.3 is 0 Å². The highest BCUT2D eigenvalue weighted by Crippen LogP contribution is 2.24. The van der Waals surface area contributed by atoms with Gasteiger partial charge in [-0.15, -0.1) is 0 Å². The van der Waals surface area contributed by atoms with Gasteiger partial charge in [-0.25, -0.2) is 0 Å². The molecule has 0 aliphatic carbocycles. The maximum Gasteiger partial charge on any atom is 0.244 e. The molecule has 0 bridgehead atoms. The Balaban J connectivity index is 1.54. The molecule has 126 valence electrons. The van der Waals surface area contributed by atoms with E-state index in [9.17, 15) is 9.90 Å². The third kappa shape index (κ3) is 3.74. The van der Waals surface area contributed by atoms with Crippen molar-refractivity contribution in [2.24, 2.45) is 0 Å². The van der Waals surface area contributed by atoms with E-state index < -0.39 is 0 Å². The molecule has 3 rings (SSSR count). The van der Waals surface area contributed by atoms with Crippen LogP contribution in [0.4, 0.5) is 5.69 Å². The van der Waals surface area contributed by atoms with Crippen molar-refractivity contribution in [1.29, 1.82) is 0 Å². The van der Waals surface area contributed by atoms with Crippen molar-refractivity contribution in [2.75, 3.05) is 44.2 Å². The van der Waals surface area contributed by atoms with Crippen LogP contribution in [0.25, 0.3) is 0 Å². The SMILES string of the molecule is CCC(O)CN1CCN(C2CCN(c3ccccc3)C2=O)CC1. The first-order valence-corrected chi connectivity index (χ1v) is 8.70. The number of anilines is 1. The number of rotatable bonds is 5. The molecule has 23 heavy (non-hydrogen) atoms. The van der Waals surface area contributed by atoms with Crippen molar-refractivity contribution in [1.82, 2.24) is 9.80 Å². The number of para-hydroxylation sites is 1. The van der Waals surface area contributed by atoms with Crippen LogP contribution in [0.3, 0.4) is 0 Å². The van der Waals surface area contributed by atoms with Crippen molar-refractivity contribution in [3.63, 3.8) is 0 Å². The van der Waals surface area contributed by atoms with Gasteiger partial charge in [-0.3, -0.25) is 14.6 Å². The Bertz CT molecular complexity index is 514. The van der Waals surface area contributed by atoms with Gasteiger partial charge < -0.3 is 10.0 Å². The summed E-state index contributed by atoms with van der Waals surface area (Å²) in [5, 5.41) is 9.77. The van der Waals surface area contributed by atoms with Gasteiger partial charge in [-0.2, -0.15) is 0 Å². The molecule has 1 aromatic carbocycles. The molecule has 0 saturated carbocycles. The average Bonchev–Trinajstić information content (AvgIpc) is 2.98. The number of amides is 1. The molecule has 1 amide bonds. The largest absolute Gasteiger partial charge is 0.392 e. The molecule has 2 heterocycles. The minimum absolute atomic E-state index is 0.0217. The normalized spacial score (nSPS) is 25.0. The summed E-state index contributed by atoms with van der Waals surface area (Å²) in [5.41, 5.74) is 1.00. The zero-order chi connectivity index (χ0) is 16.2. The molecule has 2 atom stereocenters. The van der Waals surface area contributed by atoms with Crippen LogP contribution in [0.2, 0.25) is 0 Å². The van der Waals surface area contributed by atoms with Crippen molar-refractivity contribution >= 4 is 11.6 Å².